The molecule has 1 aromatic heterocycles. The van der Waals surface area contributed by atoms with Crippen molar-refractivity contribution in [3.05, 3.63) is 59.1 Å². The average molecular weight is 340 g/mol. The maximum Gasteiger partial charge on any atom is 0.250 e. The van der Waals surface area contributed by atoms with Gasteiger partial charge in [0.1, 0.15) is 11.6 Å². The molecule has 122 valence electrons. The molecule has 1 amide bonds. The topological polar surface area (TPSA) is 68.3 Å². The Morgan fingerprint density at radius 1 is 1.12 bits per heavy atom. The number of amides is 1. The average Bonchev–Trinajstić information content (AvgIpc) is 2.98. The highest BCUT2D eigenvalue weighted by molar-refractivity contribution is 7.18. The van der Waals surface area contributed by atoms with Gasteiger partial charge in [0.25, 0.3) is 0 Å². The van der Waals surface area contributed by atoms with E-state index in [1.807, 2.05) is 24.3 Å². The lowest BCUT2D eigenvalue weighted by atomic mass is 10.1. The number of hydrogen-bond acceptors (Lipinski definition) is 5. The van der Waals surface area contributed by atoms with Crippen LogP contribution in [0.5, 0.6) is 0 Å². The summed E-state index contributed by atoms with van der Waals surface area (Å²) in [6, 6.07) is 14.6. The third-order valence-electron chi connectivity index (χ3n) is 3.37. The van der Waals surface area contributed by atoms with Gasteiger partial charge in [-0.25, -0.2) is 4.98 Å². The van der Waals surface area contributed by atoms with Gasteiger partial charge in [-0.1, -0.05) is 12.1 Å². The number of rotatable bonds is 6. The van der Waals surface area contributed by atoms with Crippen molar-refractivity contribution < 1.29 is 14.3 Å². The van der Waals surface area contributed by atoms with Crippen LogP contribution in [0.4, 0.5) is 5.69 Å². The van der Waals surface area contributed by atoms with Gasteiger partial charge in [-0.15, -0.1) is 11.3 Å². The monoisotopic (exact) mass is 340 g/mol. The number of aromatic nitrogens is 1. The molecular formula is C18H16N2O3S. The van der Waals surface area contributed by atoms with E-state index in [9.17, 15) is 9.59 Å². The normalized spacial score (nSPS) is 10.7. The Bertz CT molecular complexity index is 838. The van der Waals surface area contributed by atoms with Crippen LogP contribution in [0.25, 0.3) is 10.2 Å². The largest absolute Gasteiger partial charge is 0.364 e. The summed E-state index contributed by atoms with van der Waals surface area (Å²) in [7, 11) is 0. The Labute approximate surface area is 143 Å². The number of anilines is 1. The number of hydrogen-bond donors (Lipinski definition) is 1. The zero-order chi connectivity index (χ0) is 16.9. The van der Waals surface area contributed by atoms with E-state index < -0.39 is 0 Å². The summed E-state index contributed by atoms with van der Waals surface area (Å²) in [6.45, 7) is 1.75. The number of ether oxygens (including phenoxy) is 1. The first-order valence-electron chi connectivity index (χ1n) is 7.45. The third-order valence-corrected chi connectivity index (χ3v) is 4.38. The van der Waals surface area contributed by atoms with Crippen molar-refractivity contribution in [2.75, 3.05) is 11.9 Å². The minimum absolute atomic E-state index is 0.00737. The first kappa shape index (κ1) is 16.3. The molecule has 24 heavy (non-hydrogen) atoms. The Balaban J connectivity index is 1.49. The number of fused-ring (bicyclic) bond motifs is 1. The van der Waals surface area contributed by atoms with Crippen LogP contribution >= 0.6 is 11.3 Å². The van der Waals surface area contributed by atoms with E-state index in [2.05, 4.69) is 10.3 Å². The molecule has 6 heteroatoms. The highest BCUT2D eigenvalue weighted by Crippen LogP contribution is 2.21. The molecule has 5 nitrogen and oxygen atoms in total. The van der Waals surface area contributed by atoms with Crippen molar-refractivity contribution in [3.63, 3.8) is 0 Å². The first-order chi connectivity index (χ1) is 11.6. The number of para-hydroxylation sites is 1. The van der Waals surface area contributed by atoms with Crippen LogP contribution in [0.3, 0.4) is 0 Å². The molecule has 3 rings (SSSR count). The van der Waals surface area contributed by atoms with Crippen molar-refractivity contribution >= 4 is 38.9 Å². The second-order valence-electron chi connectivity index (χ2n) is 5.25. The Kier molecular flexibility index (Phi) is 4.98. The predicted molar refractivity (Wildman–Crippen MR) is 94.4 cm³/mol. The highest BCUT2D eigenvalue weighted by atomic mass is 32.1. The fourth-order valence-electron chi connectivity index (χ4n) is 2.20. The van der Waals surface area contributed by atoms with Gasteiger partial charge < -0.3 is 10.1 Å². The van der Waals surface area contributed by atoms with Crippen LogP contribution in [0.15, 0.2) is 48.5 Å². The molecule has 0 saturated carbocycles. The first-order valence-corrected chi connectivity index (χ1v) is 8.26. The van der Waals surface area contributed by atoms with Crippen molar-refractivity contribution in [3.8, 4) is 0 Å². The van der Waals surface area contributed by atoms with Gasteiger partial charge in [0.05, 0.1) is 16.8 Å². The molecule has 3 aromatic rings. The number of ketones is 1. The van der Waals surface area contributed by atoms with E-state index in [0.717, 1.165) is 15.2 Å². The van der Waals surface area contributed by atoms with Crippen molar-refractivity contribution in [2.45, 2.75) is 13.5 Å². The molecule has 0 unspecified atom stereocenters. The zero-order valence-corrected chi connectivity index (χ0v) is 13.9. The molecule has 0 bridgehead atoms. The zero-order valence-electron chi connectivity index (χ0n) is 13.1. The van der Waals surface area contributed by atoms with Gasteiger partial charge in [0, 0.05) is 11.3 Å². The second kappa shape index (κ2) is 7.33. The fourth-order valence-corrected chi connectivity index (χ4v) is 3.10. The summed E-state index contributed by atoms with van der Waals surface area (Å²) >= 11 is 1.56. The molecule has 0 saturated heterocycles. The molecule has 0 aliphatic rings. The molecule has 0 radical (unpaired) electrons. The van der Waals surface area contributed by atoms with Crippen LogP contribution in [-0.4, -0.2) is 23.3 Å². The molecule has 1 N–H and O–H groups in total. The fraction of sp³-hybridized carbons (Fsp3) is 0.167. The summed E-state index contributed by atoms with van der Waals surface area (Å²) < 4.78 is 6.53. The van der Waals surface area contributed by atoms with E-state index in [-0.39, 0.29) is 18.3 Å². The second-order valence-corrected chi connectivity index (χ2v) is 6.37. The number of benzene rings is 2. The van der Waals surface area contributed by atoms with E-state index in [1.54, 1.807) is 35.6 Å². The van der Waals surface area contributed by atoms with Crippen LogP contribution in [0.2, 0.25) is 0 Å². The van der Waals surface area contributed by atoms with Gasteiger partial charge in [-0.2, -0.15) is 0 Å². The standard InChI is InChI=1S/C18H16N2O3S/c1-12(21)13-6-8-14(9-7-13)19-17(22)10-23-11-18-20-15-4-2-3-5-16(15)24-18/h2-9H,10-11H2,1H3,(H,19,22). The smallest absolute Gasteiger partial charge is 0.250 e. The van der Waals surface area contributed by atoms with Crippen molar-refractivity contribution in [1.82, 2.24) is 4.98 Å². The van der Waals surface area contributed by atoms with Crippen molar-refractivity contribution in [2.24, 2.45) is 0 Å². The lowest BCUT2D eigenvalue weighted by molar-refractivity contribution is -0.121. The van der Waals surface area contributed by atoms with Crippen molar-refractivity contribution in [1.29, 1.82) is 0 Å². The molecular weight excluding hydrogens is 324 g/mol. The van der Waals surface area contributed by atoms with Crippen LogP contribution in [-0.2, 0) is 16.1 Å². The third kappa shape index (κ3) is 4.04. The van der Waals surface area contributed by atoms with E-state index in [0.29, 0.717) is 17.9 Å². The van der Waals surface area contributed by atoms with Crippen LogP contribution in [0, 0.1) is 0 Å². The predicted octanol–water partition coefficient (Wildman–Crippen LogP) is 3.65. The minimum Gasteiger partial charge on any atom is -0.364 e. The lowest BCUT2D eigenvalue weighted by Crippen LogP contribution is -2.18. The van der Waals surface area contributed by atoms with Crippen LogP contribution in [0.1, 0.15) is 22.3 Å². The van der Waals surface area contributed by atoms with Gasteiger partial charge >= 0.3 is 0 Å². The van der Waals surface area contributed by atoms with Gasteiger partial charge in [0.2, 0.25) is 5.91 Å². The van der Waals surface area contributed by atoms with E-state index >= 15 is 0 Å². The maximum atomic E-state index is 11.9. The molecule has 0 spiro atoms. The Morgan fingerprint density at radius 3 is 2.58 bits per heavy atom. The summed E-state index contributed by atoms with van der Waals surface area (Å²) in [4.78, 5) is 27.5. The van der Waals surface area contributed by atoms with Gasteiger partial charge in [-0.3, -0.25) is 9.59 Å². The molecule has 0 fully saturated rings. The SMILES string of the molecule is CC(=O)c1ccc(NC(=O)COCc2nc3ccccc3s2)cc1. The lowest BCUT2D eigenvalue weighted by Gasteiger charge is -2.06. The summed E-state index contributed by atoms with van der Waals surface area (Å²) in [5.41, 5.74) is 2.18. The van der Waals surface area contributed by atoms with Crippen LogP contribution < -0.4 is 5.32 Å². The molecule has 1 heterocycles. The quantitative estimate of drug-likeness (QED) is 0.696. The summed E-state index contributed by atoms with van der Waals surface area (Å²) in [5.74, 6) is -0.251. The maximum absolute atomic E-state index is 11.9. The summed E-state index contributed by atoms with van der Waals surface area (Å²) in [6.07, 6.45) is 0. The molecule has 2 aromatic carbocycles. The number of Topliss-reactive ketones (excluding diaryl/α,β-unsaturated/α-hetero) is 1. The number of carbonyl (C=O) groups excluding carboxylic acids is 2. The number of carbonyl (C=O) groups is 2. The minimum atomic E-state index is -0.244. The Hall–Kier alpha value is -2.57. The Morgan fingerprint density at radius 2 is 1.88 bits per heavy atom. The molecule has 0 aliphatic heterocycles. The molecule has 0 aliphatic carbocycles. The summed E-state index contributed by atoms with van der Waals surface area (Å²) in [5, 5.41) is 3.57. The number of nitrogens with one attached hydrogen (secondary N) is 1. The highest BCUT2D eigenvalue weighted by Gasteiger charge is 2.07. The van der Waals surface area contributed by atoms with E-state index in [4.69, 9.17) is 4.74 Å². The van der Waals surface area contributed by atoms with Gasteiger partial charge in [-0.05, 0) is 43.3 Å². The van der Waals surface area contributed by atoms with E-state index in [1.165, 1.54) is 6.92 Å². The number of thiazole rings is 1. The molecule has 0 atom stereocenters. The number of nitrogens with zero attached hydrogens (tertiary/aromatic N) is 1. The van der Waals surface area contributed by atoms with Gasteiger partial charge in [0.15, 0.2) is 5.78 Å².